The predicted molar refractivity (Wildman–Crippen MR) is 78.2 cm³/mol. The van der Waals surface area contributed by atoms with E-state index in [2.05, 4.69) is 5.32 Å². The van der Waals surface area contributed by atoms with E-state index < -0.39 is 11.9 Å². The largest absolute Gasteiger partial charge is 0.481 e. The number of carbonyl (C=O) groups excluding carboxylic acids is 1. The van der Waals surface area contributed by atoms with E-state index in [-0.39, 0.29) is 24.3 Å². The van der Waals surface area contributed by atoms with Crippen LogP contribution >= 0.6 is 0 Å². The van der Waals surface area contributed by atoms with Gasteiger partial charge in [0.2, 0.25) is 5.91 Å². The molecule has 20 heavy (non-hydrogen) atoms. The van der Waals surface area contributed by atoms with Crippen LogP contribution in [-0.2, 0) is 9.59 Å². The summed E-state index contributed by atoms with van der Waals surface area (Å²) in [5.74, 6) is -1.82. The molecule has 0 aliphatic heterocycles. The van der Waals surface area contributed by atoms with Crippen LogP contribution in [0.5, 0.6) is 0 Å². The maximum absolute atomic E-state index is 12.0. The summed E-state index contributed by atoms with van der Waals surface area (Å²) >= 11 is 0. The first kappa shape index (κ1) is 16.2. The molecule has 4 nitrogen and oxygen atoms in total. The molecule has 0 bridgehead atoms. The van der Waals surface area contributed by atoms with Crippen LogP contribution in [0.1, 0.15) is 45.2 Å². The Morgan fingerprint density at radius 1 is 1.20 bits per heavy atom. The van der Waals surface area contributed by atoms with Crippen LogP contribution < -0.4 is 5.32 Å². The number of rotatable bonds is 7. The molecule has 1 aromatic carbocycles. The summed E-state index contributed by atoms with van der Waals surface area (Å²) in [6.07, 6.45) is 0.797. The van der Waals surface area contributed by atoms with Crippen LogP contribution in [-0.4, -0.2) is 17.0 Å². The van der Waals surface area contributed by atoms with E-state index in [0.717, 1.165) is 12.0 Å². The zero-order chi connectivity index (χ0) is 15.1. The molecule has 1 aromatic rings. The number of carbonyl (C=O) groups is 2. The first-order valence-electron chi connectivity index (χ1n) is 7.02. The molecular weight excluding hydrogens is 254 g/mol. The minimum absolute atomic E-state index is 0.0241. The van der Waals surface area contributed by atoms with Gasteiger partial charge in [-0.1, -0.05) is 51.1 Å². The van der Waals surface area contributed by atoms with E-state index in [1.165, 1.54) is 0 Å². The minimum Gasteiger partial charge on any atom is -0.481 e. The number of carboxylic acid groups (broad SMARTS) is 1. The normalized spacial score (nSPS) is 13.8. The summed E-state index contributed by atoms with van der Waals surface area (Å²) in [5.41, 5.74) is 1.04. The predicted octanol–water partition coefficient (Wildman–Crippen LogP) is 3.00. The van der Waals surface area contributed by atoms with Gasteiger partial charge in [0.1, 0.15) is 0 Å². The highest BCUT2D eigenvalue weighted by molar-refractivity contribution is 5.82. The topological polar surface area (TPSA) is 66.4 Å². The molecule has 0 aromatic heterocycles. The average Bonchev–Trinajstić information content (AvgIpc) is 2.42. The van der Waals surface area contributed by atoms with Crippen LogP contribution in [0.25, 0.3) is 0 Å². The Morgan fingerprint density at radius 3 is 2.25 bits per heavy atom. The molecule has 0 heterocycles. The van der Waals surface area contributed by atoms with E-state index in [9.17, 15) is 9.59 Å². The molecule has 0 aliphatic rings. The van der Waals surface area contributed by atoms with Crippen LogP contribution in [0.15, 0.2) is 30.3 Å². The van der Waals surface area contributed by atoms with Crippen molar-refractivity contribution in [2.24, 2.45) is 11.8 Å². The van der Waals surface area contributed by atoms with E-state index in [4.69, 9.17) is 5.11 Å². The quantitative estimate of drug-likeness (QED) is 0.805. The number of hydrogen-bond acceptors (Lipinski definition) is 2. The van der Waals surface area contributed by atoms with Crippen LogP contribution in [0.2, 0.25) is 0 Å². The number of amides is 1. The highest BCUT2D eigenvalue weighted by Crippen LogP contribution is 2.19. The lowest BCUT2D eigenvalue weighted by atomic mass is 9.92. The van der Waals surface area contributed by atoms with E-state index in [1.54, 1.807) is 0 Å². The summed E-state index contributed by atoms with van der Waals surface area (Å²) in [5, 5.41) is 12.0. The van der Waals surface area contributed by atoms with Gasteiger partial charge in [0.15, 0.2) is 0 Å². The highest BCUT2D eigenvalue weighted by atomic mass is 16.4. The van der Waals surface area contributed by atoms with E-state index >= 15 is 0 Å². The Bertz CT molecular complexity index is 442. The van der Waals surface area contributed by atoms with Crippen LogP contribution in [0.3, 0.4) is 0 Å². The molecule has 2 N–H and O–H groups in total. The Kier molecular flexibility index (Phi) is 6.22. The maximum Gasteiger partial charge on any atom is 0.307 e. The minimum atomic E-state index is -0.914. The number of benzene rings is 1. The molecule has 1 amide bonds. The molecule has 2 atom stereocenters. The highest BCUT2D eigenvalue weighted by Gasteiger charge is 2.25. The Labute approximate surface area is 120 Å². The van der Waals surface area contributed by atoms with Crippen molar-refractivity contribution in [1.29, 1.82) is 0 Å². The van der Waals surface area contributed by atoms with Gasteiger partial charge >= 0.3 is 5.97 Å². The van der Waals surface area contributed by atoms with Crippen molar-refractivity contribution in [2.75, 3.05) is 0 Å². The number of hydrogen-bond donors (Lipinski definition) is 2. The van der Waals surface area contributed by atoms with Gasteiger partial charge in [0, 0.05) is 6.42 Å². The molecule has 0 saturated carbocycles. The van der Waals surface area contributed by atoms with Crippen LogP contribution in [0.4, 0.5) is 0 Å². The lowest BCUT2D eigenvalue weighted by molar-refractivity contribution is -0.145. The smallest absolute Gasteiger partial charge is 0.307 e. The summed E-state index contributed by atoms with van der Waals surface area (Å²) in [4.78, 5) is 23.2. The third-order valence-electron chi connectivity index (χ3n) is 3.47. The third-order valence-corrected chi connectivity index (χ3v) is 3.47. The second-order valence-electron chi connectivity index (χ2n) is 5.33. The van der Waals surface area contributed by atoms with Gasteiger partial charge in [-0.3, -0.25) is 9.59 Å². The van der Waals surface area contributed by atoms with Crippen LogP contribution in [0, 0.1) is 11.8 Å². The molecule has 0 radical (unpaired) electrons. The summed E-state index contributed by atoms with van der Waals surface area (Å²) in [6.45, 7) is 5.64. The molecule has 2 unspecified atom stereocenters. The van der Waals surface area contributed by atoms with Crippen molar-refractivity contribution in [3.8, 4) is 0 Å². The van der Waals surface area contributed by atoms with E-state index in [1.807, 2.05) is 51.1 Å². The van der Waals surface area contributed by atoms with Crippen molar-refractivity contribution >= 4 is 11.9 Å². The summed E-state index contributed by atoms with van der Waals surface area (Å²) in [6, 6.07) is 9.65. The Morgan fingerprint density at radius 2 is 1.80 bits per heavy atom. The van der Waals surface area contributed by atoms with Gasteiger partial charge in [-0.05, 0) is 17.9 Å². The van der Waals surface area contributed by atoms with Gasteiger partial charge in [0.25, 0.3) is 0 Å². The standard InChI is InChI=1S/C16H23NO3/c1-4-14(12-8-6-5-7-9-12)17-15(18)10-13(11(2)3)16(19)20/h5-9,11,13-14H,4,10H2,1-3H3,(H,17,18)(H,19,20). The van der Waals surface area contributed by atoms with Crippen molar-refractivity contribution in [3.05, 3.63) is 35.9 Å². The zero-order valence-corrected chi connectivity index (χ0v) is 12.3. The third kappa shape index (κ3) is 4.68. The van der Waals surface area contributed by atoms with Gasteiger partial charge in [0.05, 0.1) is 12.0 Å². The Hall–Kier alpha value is -1.84. The number of nitrogens with one attached hydrogen (secondary N) is 1. The van der Waals surface area contributed by atoms with Crippen molar-refractivity contribution < 1.29 is 14.7 Å². The average molecular weight is 277 g/mol. The molecule has 0 aliphatic carbocycles. The molecular formula is C16H23NO3. The second kappa shape index (κ2) is 7.68. The van der Waals surface area contributed by atoms with Crippen molar-refractivity contribution in [1.82, 2.24) is 5.32 Å². The summed E-state index contributed by atoms with van der Waals surface area (Å²) in [7, 11) is 0. The molecule has 0 fully saturated rings. The fourth-order valence-corrected chi connectivity index (χ4v) is 2.17. The number of carboxylic acids is 1. The van der Waals surface area contributed by atoms with Gasteiger partial charge in [-0.15, -0.1) is 0 Å². The second-order valence-corrected chi connectivity index (χ2v) is 5.33. The molecule has 4 heteroatoms. The van der Waals surface area contributed by atoms with Gasteiger partial charge < -0.3 is 10.4 Å². The maximum atomic E-state index is 12.0. The Balaban J connectivity index is 2.66. The first-order chi connectivity index (χ1) is 9.45. The van der Waals surface area contributed by atoms with Crippen molar-refractivity contribution in [2.45, 2.75) is 39.7 Å². The fraction of sp³-hybridized carbons (Fsp3) is 0.500. The lowest BCUT2D eigenvalue weighted by Gasteiger charge is -2.20. The molecule has 0 spiro atoms. The van der Waals surface area contributed by atoms with E-state index in [0.29, 0.717) is 0 Å². The van der Waals surface area contributed by atoms with Gasteiger partial charge in [-0.25, -0.2) is 0 Å². The van der Waals surface area contributed by atoms with Crippen molar-refractivity contribution in [3.63, 3.8) is 0 Å². The first-order valence-corrected chi connectivity index (χ1v) is 7.02. The zero-order valence-electron chi connectivity index (χ0n) is 12.3. The monoisotopic (exact) mass is 277 g/mol. The fourth-order valence-electron chi connectivity index (χ4n) is 2.17. The SMILES string of the molecule is CCC(NC(=O)CC(C(=O)O)C(C)C)c1ccccc1. The lowest BCUT2D eigenvalue weighted by Crippen LogP contribution is -2.33. The summed E-state index contributed by atoms with van der Waals surface area (Å²) < 4.78 is 0. The van der Waals surface area contributed by atoms with Gasteiger partial charge in [-0.2, -0.15) is 0 Å². The molecule has 0 saturated heterocycles. The molecule has 1 rings (SSSR count). The number of aliphatic carboxylic acids is 1. The molecule has 110 valence electrons.